The highest BCUT2D eigenvalue weighted by atomic mass is 35.5. The molecule has 4 nitrogen and oxygen atoms in total. The van der Waals surface area contributed by atoms with E-state index in [1.807, 2.05) is 0 Å². The van der Waals surface area contributed by atoms with Crippen LogP contribution in [0.25, 0.3) is 0 Å². The normalized spacial score (nSPS) is 11.1. The average Bonchev–Trinajstić information content (AvgIpc) is 2.58. The van der Waals surface area contributed by atoms with Crippen molar-refractivity contribution in [1.82, 2.24) is 5.32 Å². The quantitative estimate of drug-likeness (QED) is 0.863. The summed E-state index contributed by atoms with van der Waals surface area (Å²) in [5.74, 6) is -0.187. The molecule has 1 heterocycles. The maximum Gasteiger partial charge on any atom is 0.408 e. The van der Waals surface area contributed by atoms with Gasteiger partial charge in [0.05, 0.1) is 15.8 Å². The van der Waals surface area contributed by atoms with E-state index < -0.39 is 11.7 Å². The fraction of sp³-hybridized carbons (Fsp3) is 0.455. The van der Waals surface area contributed by atoms with Crippen LogP contribution in [0.15, 0.2) is 12.1 Å². The molecular formula is C11H14ClNO3S. The third kappa shape index (κ3) is 5.19. The number of amides is 1. The fourth-order valence-corrected chi connectivity index (χ4v) is 2.00. The van der Waals surface area contributed by atoms with Gasteiger partial charge in [-0.25, -0.2) is 4.79 Å². The number of hydrogen-bond acceptors (Lipinski definition) is 4. The van der Waals surface area contributed by atoms with E-state index in [2.05, 4.69) is 5.32 Å². The van der Waals surface area contributed by atoms with Crippen LogP contribution in [0.2, 0.25) is 4.34 Å². The highest BCUT2D eigenvalue weighted by Gasteiger charge is 2.17. The number of carbonyl (C=O) groups is 2. The molecule has 0 atom stereocenters. The molecule has 0 aliphatic rings. The smallest absolute Gasteiger partial charge is 0.408 e. The predicted molar refractivity (Wildman–Crippen MR) is 67.9 cm³/mol. The largest absolute Gasteiger partial charge is 0.444 e. The van der Waals surface area contributed by atoms with Crippen molar-refractivity contribution in [2.75, 3.05) is 6.54 Å². The van der Waals surface area contributed by atoms with Gasteiger partial charge in [0.25, 0.3) is 0 Å². The molecule has 0 radical (unpaired) electrons. The first kappa shape index (κ1) is 14.0. The zero-order valence-electron chi connectivity index (χ0n) is 9.87. The summed E-state index contributed by atoms with van der Waals surface area (Å²) in [4.78, 5) is 23.4. The number of alkyl carbamates (subject to hydrolysis) is 1. The van der Waals surface area contributed by atoms with Gasteiger partial charge < -0.3 is 10.1 Å². The first-order valence-electron chi connectivity index (χ1n) is 5.03. The van der Waals surface area contributed by atoms with Gasteiger partial charge >= 0.3 is 6.09 Å². The van der Waals surface area contributed by atoms with Crippen molar-refractivity contribution in [2.24, 2.45) is 0 Å². The minimum Gasteiger partial charge on any atom is -0.444 e. The van der Waals surface area contributed by atoms with E-state index in [0.717, 1.165) is 0 Å². The monoisotopic (exact) mass is 275 g/mol. The van der Waals surface area contributed by atoms with Crippen LogP contribution in [0, 0.1) is 0 Å². The fourth-order valence-electron chi connectivity index (χ4n) is 1.02. The van der Waals surface area contributed by atoms with E-state index in [0.29, 0.717) is 9.21 Å². The number of thiophene rings is 1. The molecule has 0 fully saturated rings. The van der Waals surface area contributed by atoms with Crippen LogP contribution >= 0.6 is 22.9 Å². The van der Waals surface area contributed by atoms with Crippen LogP contribution < -0.4 is 5.32 Å². The van der Waals surface area contributed by atoms with Crippen LogP contribution in [0.3, 0.4) is 0 Å². The van der Waals surface area contributed by atoms with Crippen LogP contribution in [0.1, 0.15) is 30.4 Å². The predicted octanol–water partition coefficient (Wildman–Crippen LogP) is 3.11. The molecule has 1 aromatic heterocycles. The number of nitrogens with one attached hydrogen (secondary N) is 1. The summed E-state index contributed by atoms with van der Waals surface area (Å²) in [6.45, 7) is 5.18. The number of carbonyl (C=O) groups excluding carboxylic acids is 2. The van der Waals surface area contributed by atoms with Gasteiger partial charge in [-0.1, -0.05) is 11.6 Å². The maximum absolute atomic E-state index is 11.6. The Morgan fingerprint density at radius 2 is 2.06 bits per heavy atom. The number of Topliss-reactive ketones (excluding diaryl/α,β-unsaturated/α-hetero) is 1. The molecule has 1 aromatic rings. The van der Waals surface area contributed by atoms with Gasteiger partial charge in [0.1, 0.15) is 5.60 Å². The van der Waals surface area contributed by atoms with E-state index >= 15 is 0 Å². The lowest BCUT2D eigenvalue weighted by Crippen LogP contribution is -2.35. The van der Waals surface area contributed by atoms with Crippen molar-refractivity contribution < 1.29 is 14.3 Å². The molecule has 0 unspecified atom stereocenters. The van der Waals surface area contributed by atoms with Crippen molar-refractivity contribution in [1.29, 1.82) is 0 Å². The number of hydrogen-bond donors (Lipinski definition) is 1. The van der Waals surface area contributed by atoms with Crippen LogP contribution in [0.4, 0.5) is 4.79 Å². The number of ether oxygens (including phenoxy) is 1. The third-order valence-corrected chi connectivity index (χ3v) is 2.91. The topological polar surface area (TPSA) is 55.4 Å². The summed E-state index contributed by atoms with van der Waals surface area (Å²) >= 11 is 6.89. The molecule has 1 amide bonds. The van der Waals surface area contributed by atoms with Crippen molar-refractivity contribution in [3.63, 3.8) is 0 Å². The third-order valence-electron chi connectivity index (χ3n) is 1.64. The molecule has 0 spiro atoms. The van der Waals surface area contributed by atoms with Gasteiger partial charge in [0.15, 0.2) is 5.78 Å². The van der Waals surface area contributed by atoms with Gasteiger partial charge in [-0.2, -0.15) is 0 Å². The molecule has 0 saturated carbocycles. The molecule has 1 N–H and O–H groups in total. The Balaban J connectivity index is 2.41. The lowest BCUT2D eigenvalue weighted by molar-refractivity contribution is 0.0520. The molecule has 0 aromatic carbocycles. The molecule has 1 rings (SSSR count). The average molecular weight is 276 g/mol. The zero-order valence-corrected chi connectivity index (χ0v) is 11.4. The molecule has 0 bridgehead atoms. The Labute approximate surface area is 109 Å². The Bertz CT molecular complexity index is 423. The van der Waals surface area contributed by atoms with E-state index in [1.165, 1.54) is 11.3 Å². The molecule has 94 valence electrons. The van der Waals surface area contributed by atoms with Crippen LogP contribution in [0.5, 0.6) is 0 Å². The second-order valence-electron chi connectivity index (χ2n) is 4.38. The summed E-state index contributed by atoms with van der Waals surface area (Å²) in [6.07, 6.45) is -0.603. The lowest BCUT2D eigenvalue weighted by Gasteiger charge is -2.19. The Kier molecular flexibility index (Phi) is 4.54. The summed E-state index contributed by atoms with van der Waals surface area (Å²) in [5.41, 5.74) is -0.570. The Morgan fingerprint density at radius 3 is 2.53 bits per heavy atom. The van der Waals surface area contributed by atoms with Gasteiger partial charge in [0, 0.05) is 0 Å². The van der Waals surface area contributed by atoms with Crippen molar-refractivity contribution >= 4 is 34.8 Å². The maximum atomic E-state index is 11.6. The van der Waals surface area contributed by atoms with E-state index in [9.17, 15) is 9.59 Å². The van der Waals surface area contributed by atoms with E-state index in [4.69, 9.17) is 16.3 Å². The molecule has 0 saturated heterocycles. The van der Waals surface area contributed by atoms with Gasteiger partial charge in [0.2, 0.25) is 0 Å². The standard InChI is InChI=1S/C11H14ClNO3S/c1-11(2,3)16-10(15)13-6-7(14)8-4-5-9(12)17-8/h4-5H,6H2,1-3H3,(H,13,15). The SMILES string of the molecule is CC(C)(C)OC(=O)NCC(=O)c1ccc(Cl)s1. The molecular weight excluding hydrogens is 262 g/mol. The lowest BCUT2D eigenvalue weighted by atomic mass is 10.2. The highest BCUT2D eigenvalue weighted by molar-refractivity contribution is 7.18. The highest BCUT2D eigenvalue weighted by Crippen LogP contribution is 2.21. The summed E-state index contributed by atoms with van der Waals surface area (Å²) in [7, 11) is 0. The first-order chi connectivity index (χ1) is 7.78. The number of ketones is 1. The molecule has 0 aliphatic heterocycles. The number of rotatable bonds is 3. The number of halogens is 1. The van der Waals surface area contributed by atoms with E-state index in [1.54, 1.807) is 32.9 Å². The van der Waals surface area contributed by atoms with Crippen molar-refractivity contribution in [3.05, 3.63) is 21.3 Å². The summed E-state index contributed by atoms with van der Waals surface area (Å²) in [6, 6.07) is 3.28. The second kappa shape index (κ2) is 5.51. The molecule has 6 heteroatoms. The van der Waals surface area contributed by atoms with Gasteiger partial charge in [-0.05, 0) is 32.9 Å². The van der Waals surface area contributed by atoms with Crippen LogP contribution in [-0.2, 0) is 4.74 Å². The Hall–Kier alpha value is -1.07. The minimum atomic E-state index is -0.603. The minimum absolute atomic E-state index is 0.0915. The van der Waals surface area contributed by atoms with E-state index in [-0.39, 0.29) is 12.3 Å². The first-order valence-corrected chi connectivity index (χ1v) is 6.23. The zero-order chi connectivity index (χ0) is 13.1. The van der Waals surface area contributed by atoms with Gasteiger partial charge in [-0.15, -0.1) is 11.3 Å². The Morgan fingerprint density at radius 1 is 1.41 bits per heavy atom. The van der Waals surface area contributed by atoms with Crippen molar-refractivity contribution in [2.45, 2.75) is 26.4 Å². The molecule has 0 aliphatic carbocycles. The summed E-state index contributed by atoms with van der Waals surface area (Å²) < 4.78 is 5.55. The van der Waals surface area contributed by atoms with Crippen LogP contribution in [-0.4, -0.2) is 24.0 Å². The summed E-state index contributed by atoms with van der Waals surface area (Å²) in [5, 5.41) is 2.40. The second-order valence-corrected chi connectivity index (χ2v) is 6.10. The van der Waals surface area contributed by atoms with Gasteiger partial charge in [-0.3, -0.25) is 4.79 Å². The molecule has 17 heavy (non-hydrogen) atoms. The van der Waals surface area contributed by atoms with Crippen molar-refractivity contribution in [3.8, 4) is 0 Å².